The van der Waals surface area contributed by atoms with Crippen LogP contribution in [0, 0.1) is 13.8 Å². The summed E-state index contributed by atoms with van der Waals surface area (Å²) in [6.45, 7) is 4.83. The van der Waals surface area contributed by atoms with Crippen LogP contribution in [0.3, 0.4) is 0 Å². The molecule has 0 aliphatic heterocycles. The van der Waals surface area contributed by atoms with Crippen molar-refractivity contribution in [2.24, 2.45) is 0 Å². The summed E-state index contributed by atoms with van der Waals surface area (Å²) in [5.41, 5.74) is 4.77. The Morgan fingerprint density at radius 2 is 1.88 bits per heavy atom. The molecule has 0 aliphatic carbocycles. The van der Waals surface area contributed by atoms with Crippen LogP contribution in [0.4, 0.5) is 0 Å². The molecule has 164 valence electrons. The molecule has 2 aromatic heterocycles. The van der Waals surface area contributed by atoms with Crippen LogP contribution in [0.25, 0.3) is 16.6 Å². The Bertz CT molecular complexity index is 1290. The van der Waals surface area contributed by atoms with Crippen LogP contribution in [-0.2, 0) is 17.8 Å². The van der Waals surface area contributed by atoms with Gasteiger partial charge in [0.15, 0.2) is 0 Å². The minimum atomic E-state index is -0.114. The normalized spacial score (nSPS) is 11.1. The molecule has 2 aromatic carbocycles. The molecule has 0 fully saturated rings. The Morgan fingerprint density at radius 3 is 2.69 bits per heavy atom. The lowest BCUT2D eigenvalue weighted by molar-refractivity contribution is -0.121. The van der Waals surface area contributed by atoms with Crippen molar-refractivity contribution in [3.8, 4) is 5.69 Å². The Hall–Kier alpha value is -3.74. The second-order valence-corrected chi connectivity index (χ2v) is 7.94. The molecule has 32 heavy (non-hydrogen) atoms. The number of carbonyl (C=O) groups excluding carboxylic acids is 1. The summed E-state index contributed by atoms with van der Waals surface area (Å²) < 4.78 is 3.39. The third kappa shape index (κ3) is 4.77. The lowest BCUT2D eigenvalue weighted by atomic mass is 10.1. The van der Waals surface area contributed by atoms with Crippen molar-refractivity contribution in [3.05, 3.63) is 88.2 Å². The van der Waals surface area contributed by atoms with E-state index in [0.29, 0.717) is 24.0 Å². The van der Waals surface area contributed by atoms with E-state index >= 15 is 0 Å². The number of hydrogen-bond acceptors (Lipinski definition) is 4. The quantitative estimate of drug-likeness (QED) is 0.436. The molecule has 0 bridgehead atoms. The van der Waals surface area contributed by atoms with Crippen LogP contribution in [0.2, 0.25) is 0 Å². The van der Waals surface area contributed by atoms with Crippen LogP contribution < -0.4 is 10.9 Å². The van der Waals surface area contributed by atoms with Crippen molar-refractivity contribution in [2.75, 3.05) is 6.54 Å². The van der Waals surface area contributed by atoms with Gasteiger partial charge in [-0.25, -0.2) is 9.67 Å². The molecule has 0 unspecified atom stereocenters. The van der Waals surface area contributed by atoms with Gasteiger partial charge in [0, 0.05) is 25.7 Å². The second-order valence-electron chi connectivity index (χ2n) is 7.94. The highest BCUT2D eigenvalue weighted by Crippen LogP contribution is 2.13. The van der Waals surface area contributed by atoms with Crippen LogP contribution >= 0.6 is 0 Å². The second kappa shape index (κ2) is 9.60. The summed E-state index contributed by atoms with van der Waals surface area (Å²) in [7, 11) is 0. The molecule has 0 radical (unpaired) electrons. The minimum Gasteiger partial charge on any atom is -0.356 e. The van der Waals surface area contributed by atoms with E-state index in [1.54, 1.807) is 6.07 Å². The maximum Gasteiger partial charge on any atom is 0.261 e. The van der Waals surface area contributed by atoms with Crippen molar-refractivity contribution in [2.45, 2.75) is 39.7 Å². The van der Waals surface area contributed by atoms with Gasteiger partial charge in [-0.3, -0.25) is 14.2 Å². The largest absolute Gasteiger partial charge is 0.356 e. The van der Waals surface area contributed by atoms with Crippen molar-refractivity contribution >= 4 is 16.8 Å². The fourth-order valence-electron chi connectivity index (χ4n) is 3.77. The average Bonchev–Trinajstić information content (AvgIpc) is 3.18. The van der Waals surface area contributed by atoms with E-state index in [1.807, 2.05) is 67.2 Å². The zero-order valence-electron chi connectivity index (χ0n) is 18.4. The van der Waals surface area contributed by atoms with Gasteiger partial charge in [-0.2, -0.15) is 5.10 Å². The van der Waals surface area contributed by atoms with E-state index in [1.165, 1.54) is 16.5 Å². The summed E-state index contributed by atoms with van der Waals surface area (Å²) in [4.78, 5) is 29.3. The van der Waals surface area contributed by atoms with Crippen LogP contribution in [-0.4, -0.2) is 31.8 Å². The lowest BCUT2D eigenvalue weighted by Gasteiger charge is -2.08. The van der Waals surface area contributed by atoms with Crippen molar-refractivity contribution < 1.29 is 4.79 Å². The monoisotopic (exact) mass is 429 g/mol. The summed E-state index contributed by atoms with van der Waals surface area (Å²) in [6.07, 6.45) is 5.48. The molecule has 4 aromatic rings. The summed E-state index contributed by atoms with van der Waals surface area (Å²) in [5, 5.41) is 8.11. The molecule has 0 spiro atoms. The standard InChI is InChI=1S/C25H27N5O2/c1-18-8-6-12-22-24(18)27-17-29(25(22)32)15-13-23(31)26-14-7-9-20-16-30(28-19(20)2)21-10-4-3-5-11-21/h3-6,8,10-12,16-17H,7,9,13-15H2,1-2H3,(H,26,31). The summed E-state index contributed by atoms with van der Waals surface area (Å²) in [5.74, 6) is -0.0714. The highest BCUT2D eigenvalue weighted by molar-refractivity contribution is 5.80. The first-order chi connectivity index (χ1) is 15.5. The highest BCUT2D eigenvalue weighted by atomic mass is 16.1. The van der Waals surface area contributed by atoms with Gasteiger partial charge in [0.1, 0.15) is 0 Å². The molecule has 0 atom stereocenters. The molecule has 4 rings (SSSR count). The van der Waals surface area contributed by atoms with E-state index < -0.39 is 0 Å². The molecule has 0 saturated heterocycles. The maximum atomic E-state index is 12.6. The number of aryl methyl sites for hydroxylation is 4. The molecular weight excluding hydrogens is 402 g/mol. The molecule has 1 N–H and O–H groups in total. The molecule has 2 heterocycles. The first kappa shape index (κ1) is 21.5. The number of hydrogen-bond donors (Lipinski definition) is 1. The first-order valence-electron chi connectivity index (χ1n) is 10.8. The molecule has 7 heteroatoms. The number of nitrogens with one attached hydrogen (secondary N) is 1. The predicted octanol–water partition coefficient (Wildman–Crippen LogP) is 3.34. The average molecular weight is 430 g/mol. The lowest BCUT2D eigenvalue weighted by Crippen LogP contribution is -2.28. The number of fused-ring (bicyclic) bond motifs is 1. The van der Waals surface area contributed by atoms with Crippen molar-refractivity contribution in [1.82, 2.24) is 24.6 Å². The minimum absolute atomic E-state index is 0.0714. The highest BCUT2D eigenvalue weighted by Gasteiger charge is 2.09. The third-order valence-corrected chi connectivity index (χ3v) is 5.60. The van der Waals surface area contributed by atoms with Gasteiger partial charge in [0.2, 0.25) is 5.91 Å². The van der Waals surface area contributed by atoms with Gasteiger partial charge in [-0.05, 0) is 56.0 Å². The Labute approximate surface area is 186 Å². The first-order valence-corrected chi connectivity index (χ1v) is 10.8. The maximum absolute atomic E-state index is 12.6. The number of rotatable bonds is 8. The SMILES string of the molecule is Cc1nn(-c2ccccc2)cc1CCCNC(=O)CCn1cnc2c(C)cccc2c1=O. The summed E-state index contributed by atoms with van der Waals surface area (Å²) >= 11 is 0. The number of amides is 1. The predicted molar refractivity (Wildman–Crippen MR) is 125 cm³/mol. The smallest absolute Gasteiger partial charge is 0.261 e. The molecule has 0 aliphatic rings. The number of para-hydroxylation sites is 2. The number of aromatic nitrogens is 4. The van der Waals surface area contributed by atoms with Crippen molar-refractivity contribution in [1.29, 1.82) is 0 Å². The molecule has 0 saturated carbocycles. The van der Waals surface area contributed by atoms with Crippen LogP contribution in [0.15, 0.2) is 65.8 Å². The van der Waals surface area contributed by atoms with Gasteiger partial charge in [0.25, 0.3) is 5.56 Å². The van der Waals surface area contributed by atoms with Crippen LogP contribution in [0.5, 0.6) is 0 Å². The zero-order valence-corrected chi connectivity index (χ0v) is 18.4. The third-order valence-electron chi connectivity index (χ3n) is 5.60. The molecular formula is C25H27N5O2. The van der Waals surface area contributed by atoms with E-state index in [0.717, 1.165) is 29.8 Å². The molecule has 1 amide bonds. The van der Waals surface area contributed by atoms with Crippen LogP contribution in [0.1, 0.15) is 29.7 Å². The van der Waals surface area contributed by atoms with E-state index in [2.05, 4.69) is 15.4 Å². The van der Waals surface area contributed by atoms with E-state index in [9.17, 15) is 9.59 Å². The Kier molecular flexibility index (Phi) is 6.44. The van der Waals surface area contributed by atoms with E-state index in [4.69, 9.17) is 0 Å². The number of benzene rings is 2. The van der Waals surface area contributed by atoms with Gasteiger partial charge in [0.05, 0.1) is 28.6 Å². The van der Waals surface area contributed by atoms with E-state index in [-0.39, 0.29) is 17.9 Å². The van der Waals surface area contributed by atoms with Gasteiger partial charge in [-0.1, -0.05) is 30.3 Å². The Balaban J connectivity index is 1.26. The fraction of sp³-hybridized carbons (Fsp3) is 0.280. The van der Waals surface area contributed by atoms with Gasteiger partial charge >= 0.3 is 0 Å². The van der Waals surface area contributed by atoms with Gasteiger partial charge < -0.3 is 5.32 Å². The topological polar surface area (TPSA) is 81.8 Å². The number of carbonyl (C=O) groups is 1. The Morgan fingerprint density at radius 1 is 1.06 bits per heavy atom. The summed E-state index contributed by atoms with van der Waals surface area (Å²) in [6, 6.07) is 15.6. The zero-order chi connectivity index (χ0) is 22.5. The fourth-order valence-corrected chi connectivity index (χ4v) is 3.77. The number of nitrogens with zero attached hydrogens (tertiary/aromatic N) is 4. The van der Waals surface area contributed by atoms with Gasteiger partial charge in [-0.15, -0.1) is 0 Å². The van der Waals surface area contributed by atoms with Crippen molar-refractivity contribution in [3.63, 3.8) is 0 Å². The molecule has 7 nitrogen and oxygen atoms in total.